The third-order valence-corrected chi connectivity index (χ3v) is 3.77. The van der Waals surface area contributed by atoms with Gasteiger partial charge in [0.2, 0.25) is 5.95 Å². The van der Waals surface area contributed by atoms with Crippen LogP contribution in [0.2, 0.25) is 0 Å². The Hall–Kier alpha value is -2.25. The van der Waals surface area contributed by atoms with Gasteiger partial charge in [-0.25, -0.2) is 10.8 Å². The maximum Gasteiger partial charge on any atom is 0.239 e. The Morgan fingerprint density at radius 1 is 1.25 bits per heavy atom. The molecule has 0 aliphatic heterocycles. The van der Waals surface area contributed by atoms with Gasteiger partial charge >= 0.3 is 0 Å². The number of nitrogens with one attached hydrogen (secondary N) is 2. The second-order valence-electron chi connectivity index (χ2n) is 4.21. The first-order valence-corrected chi connectivity index (χ1v) is 7.09. The van der Waals surface area contributed by atoms with E-state index in [0.717, 1.165) is 29.0 Å². The minimum atomic E-state index is 0.416. The molecule has 0 aliphatic rings. The number of nitrogen functional groups attached to an aromatic ring is 1. The van der Waals surface area contributed by atoms with Gasteiger partial charge in [-0.15, -0.1) is 11.3 Å². The Bertz CT molecular complexity index is 696. The highest BCUT2D eigenvalue weighted by atomic mass is 32.1. The zero-order valence-corrected chi connectivity index (χ0v) is 11.5. The molecule has 0 radical (unpaired) electrons. The summed E-state index contributed by atoms with van der Waals surface area (Å²) >= 11 is 1.61. The summed E-state index contributed by atoms with van der Waals surface area (Å²) in [6.07, 6.45) is 4.53. The molecule has 102 valence electrons. The normalized spacial score (nSPS) is 10.7. The van der Waals surface area contributed by atoms with Crippen LogP contribution in [0.5, 0.6) is 0 Å². The van der Waals surface area contributed by atoms with Gasteiger partial charge in [-0.2, -0.15) is 4.98 Å². The van der Waals surface area contributed by atoms with Crippen molar-refractivity contribution < 1.29 is 0 Å². The number of fused-ring (bicyclic) bond motifs is 1. The lowest BCUT2D eigenvalue weighted by Gasteiger charge is -2.08. The lowest BCUT2D eigenvalue weighted by Crippen LogP contribution is -2.13. The molecule has 3 rings (SSSR count). The van der Waals surface area contributed by atoms with Gasteiger partial charge in [0.15, 0.2) is 0 Å². The van der Waals surface area contributed by atoms with Crippen molar-refractivity contribution in [3.05, 3.63) is 41.5 Å². The monoisotopic (exact) mass is 286 g/mol. The van der Waals surface area contributed by atoms with E-state index < -0.39 is 0 Å². The summed E-state index contributed by atoms with van der Waals surface area (Å²) < 4.78 is 1.04. The highest BCUT2D eigenvalue weighted by Gasteiger charge is 2.08. The van der Waals surface area contributed by atoms with Gasteiger partial charge in [-0.3, -0.25) is 10.4 Å². The maximum absolute atomic E-state index is 5.39. The van der Waals surface area contributed by atoms with Gasteiger partial charge in [0.25, 0.3) is 0 Å². The van der Waals surface area contributed by atoms with E-state index in [1.54, 1.807) is 17.5 Å². The predicted molar refractivity (Wildman–Crippen MR) is 81.7 cm³/mol. The Labute approximate surface area is 120 Å². The highest BCUT2D eigenvalue weighted by molar-refractivity contribution is 7.17. The van der Waals surface area contributed by atoms with Crippen LogP contribution in [0, 0.1) is 0 Å². The molecule has 3 aromatic heterocycles. The molecule has 0 amide bonds. The van der Waals surface area contributed by atoms with Crippen molar-refractivity contribution in [1.29, 1.82) is 0 Å². The van der Waals surface area contributed by atoms with Crippen LogP contribution in [0.3, 0.4) is 0 Å². The zero-order valence-electron chi connectivity index (χ0n) is 10.7. The van der Waals surface area contributed by atoms with Gasteiger partial charge in [-0.1, -0.05) is 6.07 Å². The minimum absolute atomic E-state index is 0.416. The number of thiophene rings is 1. The summed E-state index contributed by atoms with van der Waals surface area (Å²) in [4.78, 5) is 12.8. The summed E-state index contributed by atoms with van der Waals surface area (Å²) in [5.41, 5.74) is 4.57. The molecule has 0 bridgehead atoms. The number of nitrogens with two attached hydrogens (primary N) is 1. The van der Waals surface area contributed by atoms with Crippen molar-refractivity contribution in [1.82, 2.24) is 15.0 Å². The Balaban J connectivity index is 1.75. The van der Waals surface area contributed by atoms with Gasteiger partial charge in [-0.05, 0) is 29.5 Å². The van der Waals surface area contributed by atoms with Crippen LogP contribution in [0.15, 0.2) is 36.0 Å². The first-order valence-electron chi connectivity index (χ1n) is 6.21. The molecule has 0 saturated carbocycles. The molecule has 0 atom stereocenters. The van der Waals surface area contributed by atoms with E-state index in [9.17, 15) is 0 Å². The fraction of sp³-hybridized carbons (Fsp3) is 0.154. The molecule has 0 aromatic carbocycles. The molecular weight excluding hydrogens is 272 g/mol. The Kier molecular flexibility index (Phi) is 3.71. The van der Waals surface area contributed by atoms with Crippen molar-refractivity contribution >= 4 is 33.3 Å². The van der Waals surface area contributed by atoms with E-state index in [0.29, 0.717) is 5.95 Å². The first-order chi connectivity index (χ1) is 9.86. The Morgan fingerprint density at radius 2 is 2.20 bits per heavy atom. The van der Waals surface area contributed by atoms with E-state index in [1.165, 1.54) is 5.56 Å². The van der Waals surface area contributed by atoms with Gasteiger partial charge in [0.1, 0.15) is 5.82 Å². The fourth-order valence-corrected chi connectivity index (χ4v) is 2.72. The van der Waals surface area contributed by atoms with Crippen molar-refractivity contribution in [2.75, 3.05) is 17.3 Å². The summed E-state index contributed by atoms with van der Waals surface area (Å²) in [6.45, 7) is 0.777. The standard InChI is InChI=1S/C13H14N6S/c14-19-13-17-10-4-7-20-11(10)12(18-13)16-6-3-9-2-1-5-15-8-9/h1-2,4-5,7-8H,3,6,14H2,(H2,16,17,18,19). The minimum Gasteiger partial charge on any atom is -0.368 e. The maximum atomic E-state index is 5.39. The number of aromatic nitrogens is 3. The van der Waals surface area contributed by atoms with E-state index in [4.69, 9.17) is 5.84 Å². The number of nitrogens with zero attached hydrogens (tertiary/aromatic N) is 3. The Morgan fingerprint density at radius 3 is 3.00 bits per heavy atom. The molecule has 0 fully saturated rings. The van der Waals surface area contributed by atoms with E-state index >= 15 is 0 Å². The number of hydrogen-bond acceptors (Lipinski definition) is 7. The molecule has 0 saturated heterocycles. The summed E-state index contributed by atoms with van der Waals surface area (Å²) in [5.74, 6) is 6.61. The van der Waals surface area contributed by atoms with Crippen molar-refractivity contribution in [3.63, 3.8) is 0 Å². The molecule has 6 nitrogen and oxygen atoms in total. The smallest absolute Gasteiger partial charge is 0.239 e. The molecule has 7 heteroatoms. The average molecular weight is 286 g/mol. The summed E-state index contributed by atoms with van der Waals surface area (Å²) in [6, 6.07) is 5.95. The number of hydrogen-bond donors (Lipinski definition) is 3. The number of rotatable bonds is 5. The van der Waals surface area contributed by atoms with Crippen LogP contribution in [-0.4, -0.2) is 21.5 Å². The average Bonchev–Trinajstić information content (AvgIpc) is 2.96. The zero-order chi connectivity index (χ0) is 13.8. The molecule has 3 heterocycles. The molecule has 4 N–H and O–H groups in total. The van der Waals surface area contributed by atoms with Crippen LogP contribution in [-0.2, 0) is 6.42 Å². The van der Waals surface area contributed by atoms with Crippen molar-refractivity contribution in [2.45, 2.75) is 6.42 Å². The SMILES string of the molecule is NNc1nc(NCCc2cccnc2)c2sccc2n1. The van der Waals surface area contributed by atoms with Gasteiger partial charge in [0.05, 0.1) is 10.2 Å². The quantitative estimate of drug-likeness (QED) is 0.491. The van der Waals surface area contributed by atoms with E-state index in [2.05, 4.69) is 31.8 Å². The van der Waals surface area contributed by atoms with Crippen LogP contribution < -0.4 is 16.6 Å². The molecule has 3 aromatic rings. The van der Waals surface area contributed by atoms with Crippen LogP contribution in [0.1, 0.15) is 5.56 Å². The molecular formula is C13H14N6S. The first kappa shape index (κ1) is 12.8. The second-order valence-corrected chi connectivity index (χ2v) is 5.13. The largest absolute Gasteiger partial charge is 0.368 e. The van der Waals surface area contributed by atoms with Crippen LogP contribution >= 0.6 is 11.3 Å². The van der Waals surface area contributed by atoms with Gasteiger partial charge < -0.3 is 5.32 Å². The number of anilines is 2. The third kappa shape index (κ3) is 2.68. The van der Waals surface area contributed by atoms with Crippen molar-refractivity contribution in [2.24, 2.45) is 5.84 Å². The van der Waals surface area contributed by atoms with Crippen LogP contribution in [0.4, 0.5) is 11.8 Å². The lowest BCUT2D eigenvalue weighted by molar-refractivity contribution is 0.993. The van der Waals surface area contributed by atoms with E-state index in [1.807, 2.05) is 23.7 Å². The number of hydrazine groups is 1. The topological polar surface area (TPSA) is 88.8 Å². The third-order valence-electron chi connectivity index (χ3n) is 2.86. The van der Waals surface area contributed by atoms with E-state index in [-0.39, 0.29) is 0 Å². The number of pyridine rings is 1. The van der Waals surface area contributed by atoms with Crippen molar-refractivity contribution in [3.8, 4) is 0 Å². The molecule has 0 unspecified atom stereocenters. The van der Waals surface area contributed by atoms with Crippen LogP contribution in [0.25, 0.3) is 10.2 Å². The predicted octanol–water partition coefficient (Wildman–Crippen LogP) is 2.03. The van der Waals surface area contributed by atoms with Gasteiger partial charge in [0, 0.05) is 18.9 Å². The molecule has 0 spiro atoms. The fourth-order valence-electron chi connectivity index (χ4n) is 1.92. The highest BCUT2D eigenvalue weighted by Crippen LogP contribution is 2.26. The molecule has 20 heavy (non-hydrogen) atoms. The summed E-state index contributed by atoms with van der Waals surface area (Å²) in [5, 5.41) is 5.32. The second kappa shape index (κ2) is 5.81. The lowest BCUT2D eigenvalue weighted by atomic mass is 10.2. The molecule has 0 aliphatic carbocycles. The summed E-state index contributed by atoms with van der Waals surface area (Å²) in [7, 11) is 0.